The summed E-state index contributed by atoms with van der Waals surface area (Å²) in [5.41, 5.74) is -0.678. The van der Waals surface area contributed by atoms with Crippen molar-refractivity contribution < 1.29 is 14.6 Å². The molecule has 90 valence electrons. The number of rotatable bonds is 8. The number of esters is 1. The van der Waals surface area contributed by atoms with Crippen LogP contribution >= 0.6 is 0 Å². The Kier molecular flexibility index (Phi) is 7.39. The molecule has 0 aliphatic rings. The van der Waals surface area contributed by atoms with Gasteiger partial charge in [0, 0.05) is 6.42 Å². The zero-order chi connectivity index (χ0) is 11.7. The van der Waals surface area contributed by atoms with Crippen LogP contribution in [-0.2, 0) is 9.53 Å². The quantitative estimate of drug-likeness (QED) is 0.634. The van der Waals surface area contributed by atoms with Gasteiger partial charge in [-0.2, -0.15) is 0 Å². The molecule has 0 fully saturated rings. The average Bonchev–Trinajstić information content (AvgIpc) is 2.24. The zero-order valence-electron chi connectivity index (χ0n) is 10.2. The smallest absolute Gasteiger partial charge is 0.305 e. The highest BCUT2D eigenvalue weighted by Gasteiger charge is 2.24. The van der Waals surface area contributed by atoms with Crippen LogP contribution in [0.3, 0.4) is 0 Å². The minimum absolute atomic E-state index is 0.208. The lowest BCUT2D eigenvalue weighted by atomic mass is 9.89. The molecular weight excluding hydrogens is 192 g/mol. The van der Waals surface area contributed by atoms with Crippen molar-refractivity contribution in [2.45, 2.75) is 64.9 Å². The minimum Gasteiger partial charge on any atom is -0.466 e. The second kappa shape index (κ2) is 7.69. The zero-order valence-corrected chi connectivity index (χ0v) is 10.2. The molecule has 3 heteroatoms. The molecule has 1 atom stereocenters. The Hall–Kier alpha value is -0.570. The van der Waals surface area contributed by atoms with E-state index in [0.717, 1.165) is 19.3 Å². The molecule has 0 amide bonds. The van der Waals surface area contributed by atoms with Gasteiger partial charge in [-0.25, -0.2) is 0 Å². The lowest BCUT2D eigenvalue weighted by molar-refractivity contribution is -0.144. The van der Waals surface area contributed by atoms with Gasteiger partial charge in [-0.3, -0.25) is 4.79 Å². The molecule has 0 aliphatic carbocycles. The molecule has 1 unspecified atom stereocenters. The van der Waals surface area contributed by atoms with Crippen molar-refractivity contribution in [1.29, 1.82) is 0 Å². The van der Waals surface area contributed by atoms with E-state index < -0.39 is 5.60 Å². The molecule has 1 N–H and O–H groups in total. The van der Waals surface area contributed by atoms with E-state index in [1.807, 2.05) is 6.92 Å². The van der Waals surface area contributed by atoms with Crippen LogP contribution < -0.4 is 0 Å². The van der Waals surface area contributed by atoms with Gasteiger partial charge >= 0.3 is 5.97 Å². The predicted octanol–water partition coefficient (Wildman–Crippen LogP) is 2.66. The number of aliphatic hydroxyl groups is 1. The molecule has 0 aromatic rings. The summed E-state index contributed by atoms with van der Waals surface area (Å²) < 4.78 is 4.84. The molecule has 0 rings (SSSR count). The molecule has 0 heterocycles. The van der Waals surface area contributed by atoms with Crippen LogP contribution in [0.15, 0.2) is 0 Å². The Bertz CT molecular complexity index is 180. The number of hydrogen-bond acceptors (Lipinski definition) is 3. The summed E-state index contributed by atoms with van der Waals surface area (Å²) in [6.45, 7) is 6.27. The molecule has 0 bridgehead atoms. The summed E-state index contributed by atoms with van der Waals surface area (Å²) in [4.78, 5) is 11.1. The molecule has 0 radical (unpaired) electrons. The van der Waals surface area contributed by atoms with E-state index in [1.165, 1.54) is 0 Å². The first-order valence-electron chi connectivity index (χ1n) is 5.96. The molecule has 0 saturated carbocycles. The first kappa shape index (κ1) is 14.4. The van der Waals surface area contributed by atoms with E-state index in [2.05, 4.69) is 6.92 Å². The van der Waals surface area contributed by atoms with Gasteiger partial charge in [-0.05, 0) is 26.2 Å². The number of unbranched alkanes of at least 4 members (excludes halogenated alkanes) is 1. The van der Waals surface area contributed by atoms with Gasteiger partial charge < -0.3 is 9.84 Å². The molecule has 0 aliphatic heterocycles. The van der Waals surface area contributed by atoms with E-state index in [0.29, 0.717) is 25.9 Å². The molecule has 15 heavy (non-hydrogen) atoms. The third-order valence-corrected chi connectivity index (χ3v) is 2.75. The second-order valence-corrected chi connectivity index (χ2v) is 3.99. The summed E-state index contributed by atoms with van der Waals surface area (Å²) in [5.74, 6) is -0.208. The fourth-order valence-electron chi connectivity index (χ4n) is 1.55. The Labute approximate surface area is 92.8 Å². The largest absolute Gasteiger partial charge is 0.466 e. The summed E-state index contributed by atoms with van der Waals surface area (Å²) in [6.07, 6.45) is 4.39. The normalized spacial score (nSPS) is 14.7. The van der Waals surface area contributed by atoms with Gasteiger partial charge in [0.15, 0.2) is 0 Å². The van der Waals surface area contributed by atoms with Crippen molar-refractivity contribution in [1.82, 2.24) is 0 Å². The monoisotopic (exact) mass is 216 g/mol. The van der Waals surface area contributed by atoms with Crippen molar-refractivity contribution in [2.24, 2.45) is 0 Å². The first-order valence-corrected chi connectivity index (χ1v) is 5.96. The Morgan fingerprint density at radius 2 is 1.93 bits per heavy atom. The molecule has 0 aromatic heterocycles. The molecular formula is C12H24O3. The van der Waals surface area contributed by atoms with Crippen LogP contribution in [-0.4, -0.2) is 23.3 Å². The molecule has 0 spiro atoms. The van der Waals surface area contributed by atoms with Crippen molar-refractivity contribution in [3.05, 3.63) is 0 Å². The maximum absolute atomic E-state index is 11.1. The summed E-state index contributed by atoms with van der Waals surface area (Å²) >= 11 is 0. The van der Waals surface area contributed by atoms with E-state index in [-0.39, 0.29) is 5.97 Å². The summed E-state index contributed by atoms with van der Waals surface area (Å²) in [6, 6.07) is 0. The summed E-state index contributed by atoms with van der Waals surface area (Å²) in [5, 5.41) is 10.2. The molecule has 0 saturated heterocycles. The highest BCUT2D eigenvalue weighted by molar-refractivity contribution is 5.69. The third kappa shape index (κ3) is 6.50. The van der Waals surface area contributed by atoms with Crippen LogP contribution in [0.4, 0.5) is 0 Å². The van der Waals surface area contributed by atoms with Crippen LogP contribution in [0.2, 0.25) is 0 Å². The summed E-state index contributed by atoms with van der Waals surface area (Å²) in [7, 11) is 0. The Balaban J connectivity index is 3.91. The van der Waals surface area contributed by atoms with Gasteiger partial charge in [-0.1, -0.05) is 26.7 Å². The SMILES string of the molecule is CCCCC(O)(CC)CCC(=O)OCC. The number of carbonyl (C=O) groups excluding carboxylic acids is 1. The number of ether oxygens (including phenoxy) is 1. The van der Waals surface area contributed by atoms with E-state index in [9.17, 15) is 9.90 Å². The van der Waals surface area contributed by atoms with Crippen LogP contribution in [0.25, 0.3) is 0 Å². The van der Waals surface area contributed by atoms with Crippen molar-refractivity contribution in [3.8, 4) is 0 Å². The molecule has 3 nitrogen and oxygen atoms in total. The standard InChI is InChI=1S/C12H24O3/c1-4-7-9-12(14,5-2)10-8-11(13)15-6-3/h14H,4-10H2,1-3H3. The third-order valence-electron chi connectivity index (χ3n) is 2.75. The van der Waals surface area contributed by atoms with E-state index in [1.54, 1.807) is 6.92 Å². The van der Waals surface area contributed by atoms with Gasteiger partial charge in [0.05, 0.1) is 12.2 Å². The van der Waals surface area contributed by atoms with Gasteiger partial charge in [0.25, 0.3) is 0 Å². The second-order valence-electron chi connectivity index (χ2n) is 3.99. The predicted molar refractivity (Wildman–Crippen MR) is 60.6 cm³/mol. The Morgan fingerprint density at radius 3 is 2.40 bits per heavy atom. The maximum atomic E-state index is 11.1. The van der Waals surface area contributed by atoms with Gasteiger partial charge in [0.2, 0.25) is 0 Å². The topological polar surface area (TPSA) is 46.5 Å². The lowest BCUT2D eigenvalue weighted by Gasteiger charge is -2.26. The van der Waals surface area contributed by atoms with Crippen LogP contribution in [0.5, 0.6) is 0 Å². The van der Waals surface area contributed by atoms with E-state index in [4.69, 9.17) is 4.74 Å². The number of carbonyl (C=O) groups is 1. The fourth-order valence-corrected chi connectivity index (χ4v) is 1.55. The molecule has 0 aromatic carbocycles. The average molecular weight is 216 g/mol. The Morgan fingerprint density at radius 1 is 1.27 bits per heavy atom. The van der Waals surface area contributed by atoms with Crippen LogP contribution in [0, 0.1) is 0 Å². The van der Waals surface area contributed by atoms with Crippen LogP contribution in [0.1, 0.15) is 59.3 Å². The minimum atomic E-state index is -0.678. The van der Waals surface area contributed by atoms with Crippen molar-refractivity contribution in [3.63, 3.8) is 0 Å². The van der Waals surface area contributed by atoms with Gasteiger partial charge in [-0.15, -0.1) is 0 Å². The van der Waals surface area contributed by atoms with E-state index >= 15 is 0 Å². The van der Waals surface area contributed by atoms with Crippen molar-refractivity contribution in [2.75, 3.05) is 6.61 Å². The lowest BCUT2D eigenvalue weighted by Crippen LogP contribution is -2.28. The first-order chi connectivity index (χ1) is 7.08. The van der Waals surface area contributed by atoms with Crippen molar-refractivity contribution >= 4 is 5.97 Å². The maximum Gasteiger partial charge on any atom is 0.305 e. The highest BCUT2D eigenvalue weighted by atomic mass is 16.5. The fraction of sp³-hybridized carbons (Fsp3) is 0.917. The van der Waals surface area contributed by atoms with Gasteiger partial charge in [0.1, 0.15) is 0 Å². The number of hydrogen-bond donors (Lipinski definition) is 1. The highest BCUT2D eigenvalue weighted by Crippen LogP contribution is 2.24.